The first-order valence-electron chi connectivity index (χ1n) is 8.11. The van der Waals surface area contributed by atoms with Gasteiger partial charge in [-0.3, -0.25) is 0 Å². The van der Waals surface area contributed by atoms with Crippen molar-refractivity contribution in [1.82, 2.24) is 5.32 Å². The van der Waals surface area contributed by atoms with Crippen LogP contribution in [0.4, 0.5) is 0 Å². The molecule has 1 aliphatic heterocycles. The van der Waals surface area contributed by atoms with E-state index in [4.69, 9.17) is 9.15 Å². The van der Waals surface area contributed by atoms with Gasteiger partial charge in [0.1, 0.15) is 5.76 Å². The summed E-state index contributed by atoms with van der Waals surface area (Å²) in [5, 5.41) is 4.02. The molecule has 0 aliphatic carbocycles. The number of fused-ring (bicyclic) bond motifs is 1. The molecule has 2 atom stereocenters. The van der Waals surface area contributed by atoms with Crippen molar-refractivity contribution in [1.29, 1.82) is 0 Å². The number of ether oxygens (including phenoxy) is 1. The summed E-state index contributed by atoms with van der Waals surface area (Å²) < 4.78 is 35.3. The van der Waals surface area contributed by atoms with Gasteiger partial charge in [0.2, 0.25) is 0 Å². The highest BCUT2D eigenvalue weighted by Crippen LogP contribution is 2.31. The Morgan fingerprint density at radius 3 is 2.96 bits per heavy atom. The van der Waals surface area contributed by atoms with Gasteiger partial charge in [0.15, 0.2) is 21.2 Å². The van der Waals surface area contributed by atoms with Gasteiger partial charge in [0.05, 0.1) is 23.7 Å². The quantitative estimate of drug-likeness (QED) is 0.877. The Labute approximate surface area is 136 Å². The Morgan fingerprint density at radius 1 is 1.43 bits per heavy atom. The minimum Gasteiger partial charge on any atom is -0.490 e. The molecule has 3 rings (SSSR count). The maximum absolute atomic E-state index is 11.9. The Balaban J connectivity index is 1.73. The maximum Gasteiger partial charge on any atom is 0.176 e. The number of para-hydroxylation sites is 1. The minimum absolute atomic E-state index is 0.0484. The highest BCUT2D eigenvalue weighted by Gasteiger charge is 2.31. The van der Waals surface area contributed by atoms with Gasteiger partial charge < -0.3 is 14.5 Å². The average molecular weight is 337 g/mol. The molecule has 0 spiro atoms. The first kappa shape index (κ1) is 16.3. The van der Waals surface area contributed by atoms with Crippen molar-refractivity contribution in [3.05, 3.63) is 30.0 Å². The Bertz CT molecular complexity index is 781. The molecule has 2 aromatic rings. The summed E-state index contributed by atoms with van der Waals surface area (Å²) in [5.74, 6) is 1.85. The van der Waals surface area contributed by atoms with Crippen LogP contribution in [0.3, 0.4) is 0 Å². The number of hydrogen-bond donors (Lipinski definition) is 1. The van der Waals surface area contributed by atoms with Crippen LogP contribution in [0.15, 0.2) is 28.7 Å². The second-order valence-electron chi connectivity index (χ2n) is 6.02. The van der Waals surface area contributed by atoms with Crippen LogP contribution in [-0.4, -0.2) is 32.6 Å². The molecule has 23 heavy (non-hydrogen) atoms. The predicted molar refractivity (Wildman–Crippen MR) is 90.6 cm³/mol. The molecule has 0 saturated carbocycles. The summed E-state index contributed by atoms with van der Waals surface area (Å²) in [4.78, 5) is 0. The normalized spacial score (nSPS) is 21.6. The summed E-state index contributed by atoms with van der Waals surface area (Å²) in [6, 6.07) is 7.75. The lowest BCUT2D eigenvalue weighted by atomic mass is 10.2. The zero-order valence-electron chi connectivity index (χ0n) is 13.5. The highest BCUT2D eigenvalue weighted by atomic mass is 32.2. The molecule has 126 valence electrons. The molecule has 1 aromatic carbocycles. The van der Waals surface area contributed by atoms with E-state index in [0.717, 1.165) is 35.3 Å². The molecule has 0 radical (unpaired) electrons. The molecule has 2 heterocycles. The molecule has 1 fully saturated rings. The van der Waals surface area contributed by atoms with E-state index in [0.29, 0.717) is 18.9 Å². The topological polar surface area (TPSA) is 68.5 Å². The number of sulfone groups is 1. The Kier molecular flexibility index (Phi) is 4.64. The molecule has 1 saturated heterocycles. The first-order chi connectivity index (χ1) is 11.0. The van der Waals surface area contributed by atoms with E-state index in [1.807, 2.05) is 38.1 Å². The van der Waals surface area contributed by atoms with Crippen LogP contribution in [0, 0.1) is 0 Å². The van der Waals surface area contributed by atoms with Crippen molar-refractivity contribution in [2.24, 2.45) is 0 Å². The van der Waals surface area contributed by atoms with Crippen molar-refractivity contribution in [3.8, 4) is 5.75 Å². The summed E-state index contributed by atoms with van der Waals surface area (Å²) in [6.45, 7) is 4.98. The van der Waals surface area contributed by atoms with Gasteiger partial charge >= 0.3 is 0 Å². The monoisotopic (exact) mass is 337 g/mol. The SMILES string of the molecule is CCOc1cccc2cc([C@H](C)NC[C@@H]3CCCS3(=O)=O)oc12. The fourth-order valence-electron chi connectivity index (χ4n) is 3.04. The predicted octanol–water partition coefficient (Wildman–Crippen LogP) is 3.06. The van der Waals surface area contributed by atoms with E-state index in [1.54, 1.807) is 0 Å². The molecule has 1 N–H and O–H groups in total. The van der Waals surface area contributed by atoms with E-state index >= 15 is 0 Å². The van der Waals surface area contributed by atoms with Crippen LogP contribution in [0.1, 0.15) is 38.5 Å². The lowest BCUT2D eigenvalue weighted by Crippen LogP contribution is -2.32. The molecular formula is C17H23NO4S. The third-order valence-corrected chi connectivity index (χ3v) is 6.64. The average Bonchev–Trinajstić information content (AvgIpc) is 3.09. The number of nitrogens with one attached hydrogen (secondary N) is 1. The van der Waals surface area contributed by atoms with Crippen LogP contribution < -0.4 is 10.1 Å². The number of furan rings is 1. The lowest BCUT2D eigenvalue weighted by Gasteiger charge is -2.15. The van der Waals surface area contributed by atoms with Gasteiger partial charge in [-0.15, -0.1) is 0 Å². The number of hydrogen-bond acceptors (Lipinski definition) is 5. The maximum atomic E-state index is 11.9. The third-order valence-electron chi connectivity index (χ3n) is 4.37. The van der Waals surface area contributed by atoms with Gasteiger partial charge in [0, 0.05) is 11.9 Å². The van der Waals surface area contributed by atoms with Crippen LogP contribution in [-0.2, 0) is 9.84 Å². The highest BCUT2D eigenvalue weighted by molar-refractivity contribution is 7.92. The van der Waals surface area contributed by atoms with Gasteiger partial charge in [-0.1, -0.05) is 12.1 Å². The van der Waals surface area contributed by atoms with E-state index < -0.39 is 9.84 Å². The second-order valence-corrected chi connectivity index (χ2v) is 8.42. The van der Waals surface area contributed by atoms with Crippen molar-refractivity contribution in [2.75, 3.05) is 18.9 Å². The van der Waals surface area contributed by atoms with Crippen molar-refractivity contribution >= 4 is 20.8 Å². The number of rotatable bonds is 6. The number of benzene rings is 1. The summed E-state index contributed by atoms with van der Waals surface area (Å²) in [5.41, 5.74) is 0.742. The molecule has 0 amide bonds. The van der Waals surface area contributed by atoms with E-state index in [9.17, 15) is 8.42 Å². The Morgan fingerprint density at radius 2 is 2.26 bits per heavy atom. The van der Waals surface area contributed by atoms with Crippen LogP contribution in [0.5, 0.6) is 5.75 Å². The summed E-state index contributed by atoms with van der Waals surface area (Å²) >= 11 is 0. The molecule has 1 aliphatic rings. The zero-order chi connectivity index (χ0) is 16.4. The van der Waals surface area contributed by atoms with E-state index in [1.165, 1.54) is 0 Å². The minimum atomic E-state index is -2.92. The zero-order valence-corrected chi connectivity index (χ0v) is 14.4. The van der Waals surface area contributed by atoms with E-state index in [2.05, 4.69) is 5.32 Å². The van der Waals surface area contributed by atoms with Gasteiger partial charge in [-0.05, 0) is 38.8 Å². The van der Waals surface area contributed by atoms with Crippen molar-refractivity contribution in [2.45, 2.75) is 38.0 Å². The molecule has 0 bridgehead atoms. The van der Waals surface area contributed by atoms with Crippen LogP contribution in [0.2, 0.25) is 0 Å². The van der Waals surface area contributed by atoms with Crippen LogP contribution in [0.25, 0.3) is 11.0 Å². The third kappa shape index (κ3) is 3.38. The van der Waals surface area contributed by atoms with Gasteiger partial charge in [-0.2, -0.15) is 0 Å². The lowest BCUT2D eigenvalue weighted by molar-refractivity contribution is 0.336. The summed E-state index contributed by atoms with van der Waals surface area (Å²) in [6.07, 6.45) is 1.52. The molecule has 6 heteroatoms. The molecule has 0 unspecified atom stereocenters. The molecule has 5 nitrogen and oxygen atoms in total. The summed E-state index contributed by atoms with van der Waals surface area (Å²) in [7, 11) is -2.92. The fourth-order valence-corrected chi connectivity index (χ4v) is 4.81. The fraction of sp³-hybridized carbons (Fsp3) is 0.529. The van der Waals surface area contributed by atoms with Crippen LogP contribution >= 0.6 is 0 Å². The largest absolute Gasteiger partial charge is 0.490 e. The van der Waals surface area contributed by atoms with E-state index in [-0.39, 0.29) is 11.3 Å². The van der Waals surface area contributed by atoms with Gasteiger partial charge in [-0.25, -0.2) is 8.42 Å². The molecule has 1 aromatic heterocycles. The first-order valence-corrected chi connectivity index (χ1v) is 9.83. The standard InChI is InChI=1S/C17H23NO4S/c1-3-21-15-8-4-6-13-10-16(22-17(13)15)12(2)18-11-14-7-5-9-23(14,19)20/h4,6,8,10,12,14,18H,3,5,7,9,11H2,1-2H3/t12-,14-/m0/s1. The van der Waals surface area contributed by atoms with Crippen molar-refractivity contribution in [3.63, 3.8) is 0 Å². The smallest absolute Gasteiger partial charge is 0.176 e. The van der Waals surface area contributed by atoms with Crippen molar-refractivity contribution < 1.29 is 17.6 Å². The molecular weight excluding hydrogens is 314 g/mol. The Hall–Kier alpha value is -1.53. The second kappa shape index (κ2) is 6.53. The van der Waals surface area contributed by atoms with Gasteiger partial charge in [0.25, 0.3) is 0 Å².